The molecule has 10 atom stereocenters. The van der Waals surface area contributed by atoms with Crippen molar-refractivity contribution in [2.75, 3.05) is 13.2 Å². The Kier molecular flexibility index (Phi) is 14.4. The van der Waals surface area contributed by atoms with Crippen LogP contribution in [-0.2, 0) is 27.9 Å². The second kappa shape index (κ2) is 18.8. The largest absolute Gasteiger partial charge is 0.405 e. The van der Waals surface area contributed by atoms with Crippen LogP contribution in [-0.4, -0.2) is 123 Å². The van der Waals surface area contributed by atoms with E-state index in [1.807, 2.05) is 121 Å². The van der Waals surface area contributed by atoms with Gasteiger partial charge in [0.25, 0.3) is 16.6 Å². The van der Waals surface area contributed by atoms with E-state index in [0.29, 0.717) is 0 Å². The number of amides is 1. The Bertz CT molecular complexity index is 1890. The number of ether oxygens (including phenoxy) is 3. The lowest BCUT2D eigenvalue weighted by atomic mass is 9.95. The van der Waals surface area contributed by atoms with Crippen LogP contribution >= 0.6 is 0 Å². The minimum absolute atomic E-state index is 0.185. The molecular weight excluding hydrogens is 799 g/mol. The van der Waals surface area contributed by atoms with E-state index >= 15 is 0 Å². The highest BCUT2D eigenvalue weighted by Crippen LogP contribution is 2.39. The van der Waals surface area contributed by atoms with Gasteiger partial charge in [-0.2, -0.15) is 0 Å². The Morgan fingerprint density at radius 3 is 1.32 bits per heavy atom. The van der Waals surface area contributed by atoms with Gasteiger partial charge in [-0.25, -0.2) is 0 Å². The average molecular weight is 860 g/mol. The Labute approximate surface area is 355 Å². The van der Waals surface area contributed by atoms with Crippen LogP contribution in [0.5, 0.6) is 0 Å². The van der Waals surface area contributed by atoms with Crippen LogP contribution in [0.15, 0.2) is 121 Å². The van der Waals surface area contributed by atoms with Gasteiger partial charge in [0.05, 0.1) is 13.2 Å². The van der Waals surface area contributed by atoms with Gasteiger partial charge in [-0.3, -0.25) is 4.79 Å². The SMILES string of the molecule is CC(=O)NC1[C@H](O)OC(CO[Si](c2ccccc2)(c2ccccc2)C(C)(C)C)[C@H](O[C@@H]2OC(CO[Si](c3ccccc3)(c3ccccc3)C(C)(C)C)[C@H](O)[C@H](O)C2O)[C@@H]1O. The summed E-state index contributed by atoms with van der Waals surface area (Å²) in [5, 5.41) is 62.9. The molecule has 0 spiro atoms. The maximum atomic E-state index is 12.3. The molecule has 6 N–H and O–H groups in total. The fourth-order valence-corrected chi connectivity index (χ4v) is 18.0. The normalized spacial score (nSPS) is 27.9. The summed E-state index contributed by atoms with van der Waals surface area (Å²) in [7, 11) is -6.32. The number of nitrogens with one attached hydrogen (secondary N) is 1. The van der Waals surface area contributed by atoms with Crippen LogP contribution in [0.25, 0.3) is 0 Å². The summed E-state index contributed by atoms with van der Waals surface area (Å²) >= 11 is 0. The van der Waals surface area contributed by atoms with Crippen LogP contribution in [0, 0.1) is 0 Å². The number of benzene rings is 4. The number of carbonyl (C=O) groups is 1. The third kappa shape index (κ3) is 9.12. The van der Waals surface area contributed by atoms with Crippen molar-refractivity contribution < 1.29 is 53.4 Å². The van der Waals surface area contributed by atoms with Crippen molar-refractivity contribution in [1.29, 1.82) is 0 Å². The standard InChI is InChI=1S/C46H61NO11Si2/c1-30(48)47-37-39(50)42(36(56-43(37)53)29-55-60(46(5,6)7,33-24-16-10-17-25-33)34-26-18-11-19-27-34)58-44-41(52)40(51)38(49)35(57-44)28-54-59(45(2,3)4,31-20-12-8-13-21-31)32-22-14-9-15-23-32/h8-27,35-44,49-53H,28-29H2,1-7H3,(H,47,48)/t35?,36?,37?,38-,39+,40-,41?,42-,43+,44-/m0/s1. The molecule has 0 aromatic heterocycles. The van der Waals surface area contributed by atoms with Crippen LogP contribution in [0.2, 0.25) is 10.1 Å². The highest BCUT2D eigenvalue weighted by atomic mass is 28.4. The van der Waals surface area contributed by atoms with Crippen molar-refractivity contribution in [3.05, 3.63) is 121 Å². The highest BCUT2D eigenvalue weighted by molar-refractivity contribution is 7.00. The van der Waals surface area contributed by atoms with Gasteiger partial charge in [-0.05, 0) is 30.8 Å². The van der Waals surface area contributed by atoms with Crippen molar-refractivity contribution in [3.8, 4) is 0 Å². The molecule has 0 aliphatic carbocycles. The molecule has 1 amide bonds. The molecular formula is C46H61NO11Si2. The molecule has 4 aromatic rings. The van der Waals surface area contributed by atoms with Crippen molar-refractivity contribution in [1.82, 2.24) is 5.32 Å². The minimum atomic E-state index is -3.18. The molecule has 60 heavy (non-hydrogen) atoms. The minimum Gasteiger partial charge on any atom is -0.405 e. The van der Waals surface area contributed by atoms with E-state index in [-0.39, 0.29) is 13.2 Å². The van der Waals surface area contributed by atoms with E-state index in [4.69, 9.17) is 23.1 Å². The molecule has 0 bridgehead atoms. The van der Waals surface area contributed by atoms with E-state index in [2.05, 4.69) is 46.9 Å². The number of rotatable bonds is 13. The number of hydrogen-bond acceptors (Lipinski definition) is 11. The van der Waals surface area contributed by atoms with E-state index in [1.165, 1.54) is 6.92 Å². The lowest BCUT2D eigenvalue weighted by molar-refractivity contribution is -0.344. The van der Waals surface area contributed by atoms with Gasteiger partial charge >= 0.3 is 0 Å². The van der Waals surface area contributed by atoms with Crippen molar-refractivity contribution in [2.24, 2.45) is 0 Å². The summed E-state index contributed by atoms with van der Waals surface area (Å²) in [4.78, 5) is 12.3. The van der Waals surface area contributed by atoms with Gasteiger partial charge < -0.3 is 53.9 Å². The molecule has 12 nitrogen and oxygen atoms in total. The molecule has 2 heterocycles. The van der Waals surface area contributed by atoms with Gasteiger partial charge in [0.1, 0.15) is 48.8 Å². The van der Waals surface area contributed by atoms with Gasteiger partial charge in [0.15, 0.2) is 12.6 Å². The molecule has 2 aliphatic rings. The molecule has 2 aliphatic heterocycles. The molecule has 0 radical (unpaired) electrons. The number of aliphatic hydroxyl groups is 5. The smallest absolute Gasteiger partial charge is 0.261 e. The van der Waals surface area contributed by atoms with E-state index < -0.39 is 94.0 Å². The van der Waals surface area contributed by atoms with Crippen LogP contribution < -0.4 is 26.1 Å². The molecule has 4 unspecified atom stereocenters. The quantitative estimate of drug-likeness (QED) is 0.108. The van der Waals surface area contributed by atoms with E-state index in [1.54, 1.807) is 0 Å². The lowest BCUT2D eigenvalue weighted by Crippen LogP contribution is -2.70. The monoisotopic (exact) mass is 859 g/mol. The summed E-state index contributed by atoms with van der Waals surface area (Å²) < 4.78 is 33.0. The molecule has 14 heteroatoms. The number of carbonyl (C=O) groups excluding carboxylic acids is 1. The third-order valence-corrected chi connectivity index (χ3v) is 21.8. The van der Waals surface area contributed by atoms with Crippen molar-refractivity contribution >= 4 is 43.3 Å². The predicted molar refractivity (Wildman–Crippen MR) is 233 cm³/mol. The predicted octanol–water partition coefficient (Wildman–Crippen LogP) is 1.92. The zero-order valence-corrected chi connectivity index (χ0v) is 37.4. The Balaban J connectivity index is 1.33. The maximum Gasteiger partial charge on any atom is 0.261 e. The van der Waals surface area contributed by atoms with Gasteiger partial charge in [0.2, 0.25) is 5.91 Å². The van der Waals surface area contributed by atoms with Crippen molar-refractivity contribution in [2.45, 2.75) is 120 Å². The summed E-state index contributed by atoms with van der Waals surface area (Å²) in [6, 6.07) is 38.4. The van der Waals surface area contributed by atoms with Gasteiger partial charge in [-0.1, -0.05) is 163 Å². The molecule has 2 saturated heterocycles. The van der Waals surface area contributed by atoms with Crippen LogP contribution in [0.4, 0.5) is 0 Å². The zero-order chi connectivity index (χ0) is 43.5. The summed E-state index contributed by atoms with van der Waals surface area (Å²) in [5.74, 6) is -0.532. The molecule has 4 aromatic carbocycles. The highest BCUT2D eigenvalue weighted by Gasteiger charge is 2.56. The number of aliphatic hydroxyl groups excluding tert-OH is 5. The van der Waals surface area contributed by atoms with Crippen LogP contribution in [0.3, 0.4) is 0 Å². The second-order valence-electron chi connectivity index (χ2n) is 17.8. The molecule has 2 fully saturated rings. The van der Waals surface area contributed by atoms with Gasteiger partial charge in [-0.15, -0.1) is 0 Å². The van der Waals surface area contributed by atoms with E-state index in [0.717, 1.165) is 20.7 Å². The summed E-state index contributed by atoms with van der Waals surface area (Å²) in [6.45, 7) is 13.5. The van der Waals surface area contributed by atoms with Crippen molar-refractivity contribution in [3.63, 3.8) is 0 Å². The Morgan fingerprint density at radius 2 is 0.950 bits per heavy atom. The first-order valence-electron chi connectivity index (χ1n) is 20.6. The Hall–Kier alpha value is -3.62. The van der Waals surface area contributed by atoms with E-state index in [9.17, 15) is 30.3 Å². The topological polar surface area (TPSA) is 176 Å². The lowest BCUT2D eigenvalue weighted by Gasteiger charge is -2.49. The molecule has 324 valence electrons. The molecule has 6 rings (SSSR count). The summed E-state index contributed by atoms with van der Waals surface area (Å²) in [6.07, 6.45) is -13.7. The third-order valence-electron chi connectivity index (χ3n) is 11.8. The average Bonchev–Trinajstić information content (AvgIpc) is 3.22. The fourth-order valence-electron chi connectivity index (χ4n) is 8.89. The second-order valence-corrected chi connectivity index (χ2v) is 26.5. The maximum absolute atomic E-state index is 12.3. The van der Waals surface area contributed by atoms with Gasteiger partial charge in [0, 0.05) is 6.92 Å². The van der Waals surface area contributed by atoms with Crippen LogP contribution in [0.1, 0.15) is 48.5 Å². The summed E-state index contributed by atoms with van der Waals surface area (Å²) in [5.41, 5.74) is 0. The number of hydrogen-bond donors (Lipinski definition) is 6. The first kappa shape index (κ1) is 45.9. The fraction of sp³-hybridized carbons (Fsp3) is 0.457. The zero-order valence-electron chi connectivity index (χ0n) is 35.4. The first-order chi connectivity index (χ1) is 28.4. The first-order valence-corrected chi connectivity index (χ1v) is 24.4. The molecule has 0 saturated carbocycles. The Morgan fingerprint density at radius 1 is 0.567 bits per heavy atom.